The summed E-state index contributed by atoms with van der Waals surface area (Å²) >= 11 is 0. The molecular weight excluding hydrogens is 258 g/mol. The van der Waals surface area contributed by atoms with Crippen molar-refractivity contribution in [1.29, 1.82) is 0 Å². The number of hydrogen-bond acceptors (Lipinski definition) is 3. The Labute approximate surface area is 128 Å². The fraction of sp³-hybridized carbons (Fsp3) is 0.722. The zero-order valence-corrected chi connectivity index (χ0v) is 13.5. The van der Waals surface area contributed by atoms with Crippen molar-refractivity contribution in [3.8, 4) is 0 Å². The lowest BCUT2D eigenvalue weighted by Crippen LogP contribution is -2.48. The minimum Gasteiger partial charge on any atom is -0.381 e. The molecule has 0 radical (unpaired) electrons. The first-order valence-electron chi connectivity index (χ1n) is 8.68. The van der Waals surface area contributed by atoms with Gasteiger partial charge in [0.25, 0.3) is 0 Å². The van der Waals surface area contributed by atoms with Gasteiger partial charge in [0.2, 0.25) is 0 Å². The van der Waals surface area contributed by atoms with Gasteiger partial charge in [-0.25, -0.2) is 0 Å². The van der Waals surface area contributed by atoms with Crippen molar-refractivity contribution in [2.75, 3.05) is 11.9 Å². The molecule has 3 rings (SSSR count). The van der Waals surface area contributed by atoms with E-state index in [2.05, 4.69) is 41.6 Å². The van der Waals surface area contributed by atoms with Crippen LogP contribution in [0.1, 0.15) is 56.3 Å². The minimum absolute atomic E-state index is 0.609. The van der Waals surface area contributed by atoms with Crippen molar-refractivity contribution in [2.24, 2.45) is 5.92 Å². The standard InChI is InChI=1S/C18H29N3/c1-13-10-11-16(14(2)20-13)21-18-9-4-3-7-15(18)17-8-5-6-12-19-17/h10-11,15,17-19,21H,3-9,12H2,1-2H3. The van der Waals surface area contributed by atoms with Crippen LogP contribution in [0.15, 0.2) is 12.1 Å². The van der Waals surface area contributed by atoms with E-state index in [0.29, 0.717) is 6.04 Å². The molecule has 2 N–H and O–H groups in total. The molecule has 2 aliphatic rings. The smallest absolute Gasteiger partial charge is 0.0606 e. The topological polar surface area (TPSA) is 37.0 Å². The van der Waals surface area contributed by atoms with Crippen LogP contribution in [0.25, 0.3) is 0 Å². The van der Waals surface area contributed by atoms with Gasteiger partial charge in [0.05, 0.1) is 11.4 Å². The molecule has 3 unspecified atom stereocenters. The van der Waals surface area contributed by atoms with Gasteiger partial charge in [-0.2, -0.15) is 0 Å². The van der Waals surface area contributed by atoms with Gasteiger partial charge in [-0.1, -0.05) is 19.3 Å². The summed E-state index contributed by atoms with van der Waals surface area (Å²) in [6.07, 6.45) is 9.53. The van der Waals surface area contributed by atoms with Gasteiger partial charge in [-0.15, -0.1) is 0 Å². The second-order valence-electron chi connectivity index (χ2n) is 6.84. The maximum Gasteiger partial charge on any atom is 0.0606 e. The number of hydrogen-bond donors (Lipinski definition) is 2. The Balaban J connectivity index is 1.71. The minimum atomic E-state index is 0.609. The molecule has 1 aromatic rings. The van der Waals surface area contributed by atoms with Gasteiger partial charge in [0, 0.05) is 17.8 Å². The molecule has 3 atom stereocenters. The first-order chi connectivity index (χ1) is 10.2. The van der Waals surface area contributed by atoms with Gasteiger partial charge < -0.3 is 10.6 Å². The molecule has 116 valence electrons. The van der Waals surface area contributed by atoms with Gasteiger partial charge in [0.15, 0.2) is 0 Å². The first kappa shape index (κ1) is 14.8. The van der Waals surface area contributed by atoms with E-state index >= 15 is 0 Å². The third-order valence-corrected chi connectivity index (χ3v) is 5.25. The predicted octanol–water partition coefficient (Wildman–Crippen LogP) is 3.81. The molecule has 21 heavy (non-hydrogen) atoms. The average Bonchev–Trinajstić information content (AvgIpc) is 2.51. The van der Waals surface area contributed by atoms with Gasteiger partial charge >= 0.3 is 0 Å². The van der Waals surface area contributed by atoms with Crippen molar-refractivity contribution in [3.05, 3.63) is 23.5 Å². The normalized spacial score (nSPS) is 30.1. The molecule has 2 heterocycles. The number of nitrogens with zero attached hydrogens (tertiary/aromatic N) is 1. The van der Waals surface area contributed by atoms with E-state index in [1.54, 1.807) is 0 Å². The molecule has 1 aromatic heterocycles. The number of anilines is 1. The quantitative estimate of drug-likeness (QED) is 0.887. The summed E-state index contributed by atoms with van der Waals surface area (Å²) in [5, 5.41) is 7.59. The number of aryl methyl sites for hydroxylation is 2. The van der Waals surface area contributed by atoms with Crippen LogP contribution in [-0.4, -0.2) is 23.6 Å². The Hall–Kier alpha value is -1.09. The number of piperidine rings is 1. The van der Waals surface area contributed by atoms with Crippen LogP contribution in [0.3, 0.4) is 0 Å². The number of pyridine rings is 1. The molecular formula is C18H29N3. The molecule has 0 amide bonds. The van der Waals surface area contributed by atoms with Gasteiger partial charge in [-0.05, 0) is 64.1 Å². The average molecular weight is 287 g/mol. The lowest BCUT2D eigenvalue weighted by atomic mass is 9.77. The third kappa shape index (κ3) is 3.57. The Morgan fingerprint density at radius 3 is 2.62 bits per heavy atom. The van der Waals surface area contributed by atoms with E-state index in [4.69, 9.17) is 0 Å². The molecule has 3 nitrogen and oxygen atoms in total. The fourth-order valence-electron chi connectivity index (χ4n) is 4.10. The maximum absolute atomic E-state index is 4.60. The van der Waals surface area contributed by atoms with Crippen molar-refractivity contribution < 1.29 is 0 Å². The number of aromatic nitrogens is 1. The Bertz CT molecular complexity index is 466. The van der Waals surface area contributed by atoms with Crippen LogP contribution < -0.4 is 10.6 Å². The summed E-state index contributed by atoms with van der Waals surface area (Å²) in [6, 6.07) is 5.65. The summed E-state index contributed by atoms with van der Waals surface area (Å²) in [5.41, 5.74) is 3.47. The largest absolute Gasteiger partial charge is 0.381 e. The number of rotatable bonds is 3. The highest BCUT2D eigenvalue weighted by atomic mass is 15.0. The monoisotopic (exact) mass is 287 g/mol. The molecule has 0 bridgehead atoms. The SMILES string of the molecule is Cc1ccc(NC2CCCCC2C2CCCCN2)c(C)n1. The molecule has 1 aliphatic heterocycles. The van der Waals surface area contributed by atoms with Crippen LogP contribution in [0.5, 0.6) is 0 Å². The zero-order chi connectivity index (χ0) is 14.7. The Morgan fingerprint density at radius 2 is 1.86 bits per heavy atom. The molecule has 0 spiro atoms. The van der Waals surface area contributed by atoms with Crippen LogP contribution in [-0.2, 0) is 0 Å². The predicted molar refractivity (Wildman–Crippen MR) is 88.7 cm³/mol. The summed E-state index contributed by atoms with van der Waals surface area (Å²) in [6.45, 7) is 5.39. The summed E-state index contributed by atoms with van der Waals surface area (Å²) < 4.78 is 0. The summed E-state index contributed by atoms with van der Waals surface area (Å²) in [4.78, 5) is 4.60. The van der Waals surface area contributed by atoms with Crippen molar-refractivity contribution in [1.82, 2.24) is 10.3 Å². The molecule has 0 aromatic carbocycles. The van der Waals surface area contributed by atoms with E-state index in [0.717, 1.165) is 23.3 Å². The van der Waals surface area contributed by atoms with Crippen LogP contribution in [0.2, 0.25) is 0 Å². The van der Waals surface area contributed by atoms with E-state index < -0.39 is 0 Å². The zero-order valence-electron chi connectivity index (χ0n) is 13.5. The van der Waals surface area contributed by atoms with Crippen LogP contribution in [0.4, 0.5) is 5.69 Å². The van der Waals surface area contributed by atoms with Crippen molar-refractivity contribution in [3.63, 3.8) is 0 Å². The third-order valence-electron chi connectivity index (χ3n) is 5.25. The van der Waals surface area contributed by atoms with E-state index in [9.17, 15) is 0 Å². The highest BCUT2D eigenvalue weighted by molar-refractivity contribution is 5.48. The molecule has 1 saturated heterocycles. The van der Waals surface area contributed by atoms with E-state index in [-0.39, 0.29) is 0 Å². The molecule has 2 fully saturated rings. The lowest BCUT2D eigenvalue weighted by molar-refractivity contribution is 0.217. The molecule has 1 aliphatic carbocycles. The van der Waals surface area contributed by atoms with Crippen LogP contribution >= 0.6 is 0 Å². The second kappa shape index (κ2) is 6.78. The van der Waals surface area contributed by atoms with Crippen molar-refractivity contribution in [2.45, 2.75) is 70.9 Å². The highest BCUT2D eigenvalue weighted by Crippen LogP contribution is 2.32. The first-order valence-corrected chi connectivity index (χ1v) is 8.68. The number of nitrogens with one attached hydrogen (secondary N) is 2. The van der Waals surface area contributed by atoms with Crippen molar-refractivity contribution >= 4 is 5.69 Å². The van der Waals surface area contributed by atoms with Gasteiger partial charge in [-0.3, -0.25) is 4.98 Å². The summed E-state index contributed by atoms with van der Waals surface area (Å²) in [7, 11) is 0. The van der Waals surface area contributed by atoms with E-state index in [1.807, 2.05) is 0 Å². The Morgan fingerprint density at radius 1 is 1.05 bits per heavy atom. The summed E-state index contributed by atoms with van der Waals surface area (Å²) in [5.74, 6) is 0.778. The van der Waals surface area contributed by atoms with E-state index in [1.165, 1.54) is 57.2 Å². The molecule has 1 saturated carbocycles. The van der Waals surface area contributed by atoms with Gasteiger partial charge in [0.1, 0.15) is 0 Å². The fourth-order valence-corrected chi connectivity index (χ4v) is 4.10. The highest BCUT2D eigenvalue weighted by Gasteiger charge is 2.32. The molecule has 3 heteroatoms. The van der Waals surface area contributed by atoms with Crippen LogP contribution in [0, 0.1) is 19.8 Å². The maximum atomic E-state index is 4.60. The second-order valence-corrected chi connectivity index (χ2v) is 6.84. The Kier molecular flexibility index (Phi) is 4.79. The lowest BCUT2D eigenvalue weighted by Gasteiger charge is -2.40.